The summed E-state index contributed by atoms with van der Waals surface area (Å²) in [5.41, 5.74) is 1.04. The highest BCUT2D eigenvalue weighted by Gasteiger charge is 2.37. The second-order valence-corrected chi connectivity index (χ2v) is 5.85. The quantitative estimate of drug-likeness (QED) is 0.779. The number of nitrogens with one attached hydrogen (secondary N) is 1. The second kappa shape index (κ2) is 8.84. The van der Waals surface area contributed by atoms with Gasteiger partial charge in [0.1, 0.15) is 25.0 Å². The first-order valence-corrected chi connectivity index (χ1v) is 8.52. The van der Waals surface area contributed by atoms with E-state index in [0.717, 1.165) is 11.3 Å². The van der Waals surface area contributed by atoms with Gasteiger partial charge in [-0.15, -0.1) is 0 Å². The number of aromatic nitrogens is 1. The molecule has 0 radical (unpaired) electrons. The molecule has 7 nitrogen and oxygen atoms in total. The molecular weight excluding hydrogens is 334 g/mol. The highest BCUT2D eigenvalue weighted by molar-refractivity contribution is 5.87. The Bertz CT molecular complexity index is 724. The fraction of sp³-hybridized carbons (Fsp3) is 0.316. The van der Waals surface area contributed by atoms with Gasteiger partial charge in [-0.05, 0) is 30.2 Å². The van der Waals surface area contributed by atoms with Crippen LogP contribution in [0.25, 0.3) is 0 Å². The lowest BCUT2D eigenvalue weighted by Crippen LogP contribution is -2.47. The number of para-hydroxylation sites is 1. The summed E-state index contributed by atoms with van der Waals surface area (Å²) in [7, 11) is 0. The average Bonchev–Trinajstić information content (AvgIpc) is 3.04. The van der Waals surface area contributed by atoms with Gasteiger partial charge in [-0.2, -0.15) is 0 Å². The summed E-state index contributed by atoms with van der Waals surface area (Å²) in [5.74, 6) is 0.497. The van der Waals surface area contributed by atoms with E-state index in [-0.39, 0.29) is 19.1 Å². The van der Waals surface area contributed by atoms with Crippen LogP contribution in [0.3, 0.4) is 0 Å². The van der Waals surface area contributed by atoms with Crippen molar-refractivity contribution in [3.63, 3.8) is 0 Å². The minimum Gasteiger partial charge on any atom is -0.492 e. The van der Waals surface area contributed by atoms with Crippen LogP contribution < -0.4 is 10.1 Å². The molecule has 3 rings (SSSR count). The van der Waals surface area contributed by atoms with E-state index in [4.69, 9.17) is 9.47 Å². The number of ether oxygens (including phenoxy) is 2. The van der Waals surface area contributed by atoms with Crippen molar-refractivity contribution in [2.45, 2.75) is 12.5 Å². The highest BCUT2D eigenvalue weighted by atomic mass is 16.6. The molecular formula is C19H21N3O4. The van der Waals surface area contributed by atoms with Crippen LogP contribution in [0.2, 0.25) is 0 Å². The molecule has 2 aromatic rings. The fourth-order valence-electron chi connectivity index (χ4n) is 2.69. The molecule has 7 heteroatoms. The lowest BCUT2D eigenvalue weighted by Gasteiger charge is -2.20. The van der Waals surface area contributed by atoms with E-state index < -0.39 is 12.1 Å². The van der Waals surface area contributed by atoms with E-state index in [1.807, 2.05) is 42.5 Å². The van der Waals surface area contributed by atoms with Gasteiger partial charge in [0.2, 0.25) is 5.91 Å². The summed E-state index contributed by atoms with van der Waals surface area (Å²) in [6, 6.07) is 12.5. The molecule has 2 heterocycles. The number of rotatable bonds is 8. The third-order valence-electron chi connectivity index (χ3n) is 4.06. The molecule has 0 unspecified atom stereocenters. The Balaban J connectivity index is 1.46. The van der Waals surface area contributed by atoms with Gasteiger partial charge in [-0.25, -0.2) is 4.79 Å². The summed E-state index contributed by atoms with van der Waals surface area (Å²) in [5, 5.41) is 2.85. The maximum absolute atomic E-state index is 12.4. The van der Waals surface area contributed by atoms with Gasteiger partial charge in [0, 0.05) is 18.9 Å². The number of amides is 2. The molecule has 136 valence electrons. The summed E-state index contributed by atoms with van der Waals surface area (Å²) in [4.78, 5) is 29.7. The van der Waals surface area contributed by atoms with E-state index in [1.54, 1.807) is 12.4 Å². The molecule has 0 bridgehead atoms. The fourth-order valence-corrected chi connectivity index (χ4v) is 2.69. The number of carbonyl (C=O) groups is 2. The average molecular weight is 355 g/mol. The SMILES string of the molecule is O=C(NCCc1cccnc1)[C@@H]1COC(=O)N1CCOc1ccccc1. The van der Waals surface area contributed by atoms with Gasteiger partial charge in [-0.1, -0.05) is 24.3 Å². The third kappa shape index (κ3) is 4.72. The van der Waals surface area contributed by atoms with Crippen LogP contribution in [0, 0.1) is 0 Å². The van der Waals surface area contributed by atoms with Gasteiger partial charge < -0.3 is 14.8 Å². The Kier molecular flexibility index (Phi) is 6.03. The Hall–Kier alpha value is -3.09. The zero-order chi connectivity index (χ0) is 18.2. The molecule has 26 heavy (non-hydrogen) atoms. The zero-order valence-electron chi connectivity index (χ0n) is 14.3. The Morgan fingerprint density at radius 1 is 1.27 bits per heavy atom. The van der Waals surface area contributed by atoms with Gasteiger partial charge in [0.25, 0.3) is 0 Å². The topological polar surface area (TPSA) is 80.8 Å². The van der Waals surface area contributed by atoms with Gasteiger partial charge in [0.05, 0.1) is 6.54 Å². The maximum atomic E-state index is 12.4. The van der Waals surface area contributed by atoms with Crippen molar-refractivity contribution in [2.24, 2.45) is 0 Å². The number of benzene rings is 1. The van der Waals surface area contributed by atoms with Crippen LogP contribution >= 0.6 is 0 Å². The largest absolute Gasteiger partial charge is 0.492 e. The number of carbonyl (C=O) groups excluding carboxylic acids is 2. The normalized spacial score (nSPS) is 16.2. The predicted molar refractivity (Wildman–Crippen MR) is 94.7 cm³/mol. The van der Waals surface area contributed by atoms with Crippen LogP contribution in [0.4, 0.5) is 4.79 Å². The molecule has 0 spiro atoms. The van der Waals surface area contributed by atoms with Crippen LogP contribution in [0.5, 0.6) is 5.75 Å². The van der Waals surface area contributed by atoms with Crippen LogP contribution in [0.1, 0.15) is 5.56 Å². The van der Waals surface area contributed by atoms with E-state index >= 15 is 0 Å². The molecule has 2 amide bonds. The van der Waals surface area contributed by atoms with Crippen molar-refractivity contribution in [1.82, 2.24) is 15.2 Å². The first kappa shape index (κ1) is 17.7. The van der Waals surface area contributed by atoms with E-state index in [0.29, 0.717) is 19.6 Å². The first-order valence-electron chi connectivity index (χ1n) is 8.52. The van der Waals surface area contributed by atoms with E-state index in [2.05, 4.69) is 10.3 Å². The Morgan fingerprint density at radius 3 is 2.88 bits per heavy atom. The molecule has 0 aliphatic carbocycles. The van der Waals surface area contributed by atoms with E-state index in [1.165, 1.54) is 4.90 Å². The van der Waals surface area contributed by atoms with Crippen molar-refractivity contribution < 1.29 is 19.1 Å². The lowest BCUT2D eigenvalue weighted by atomic mass is 10.2. The molecule has 1 aliphatic rings. The molecule has 1 fully saturated rings. The standard InChI is InChI=1S/C19H21N3O4/c23-18(21-10-8-15-5-4-9-20-13-15)17-14-26-19(24)22(17)11-12-25-16-6-2-1-3-7-16/h1-7,9,13,17H,8,10-12,14H2,(H,21,23)/t17-/m0/s1. The number of cyclic esters (lactones) is 1. The lowest BCUT2D eigenvalue weighted by molar-refractivity contribution is -0.124. The maximum Gasteiger partial charge on any atom is 0.410 e. The summed E-state index contributed by atoms with van der Waals surface area (Å²) in [6.45, 7) is 1.11. The number of nitrogens with zero attached hydrogens (tertiary/aromatic N) is 2. The minimum absolute atomic E-state index is 0.0584. The van der Waals surface area contributed by atoms with Crippen LogP contribution in [0.15, 0.2) is 54.9 Å². The highest BCUT2D eigenvalue weighted by Crippen LogP contribution is 2.13. The van der Waals surface area contributed by atoms with Crippen molar-refractivity contribution in [3.05, 3.63) is 60.4 Å². The second-order valence-electron chi connectivity index (χ2n) is 5.85. The summed E-state index contributed by atoms with van der Waals surface area (Å²) >= 11 is 0. The Morgan fingerprint density at radius 2 is 2.12 bits per heavy atom. The molecule has 1 saturated heterocycles. The smallest absolute Gasteiger partial charge is 0.410 e. The molecule has 1 N–H and O–H groups in total. The van der Waals surface area contributed by atoms with E-state index in [9.17, 15) is 9.59 Å². The Labute approximate surface area is 151 Å². The zero-order valence-corrected chi connectivity index (χ0v) is 14.3. The first-order chi connectivity index (χ1) is 12.7. The molecule has 1 aromatic heterocycles. The predicted octanol–water partition coefficient (Wildman–Crippen LogP) is 1.64. The third-order valence-corrected chi connectivity index (χ3v) is 4.06. The van der Waals surface area contributed by atoms with Gasteiger partial charge >= 0.3 is 6.09 Å². The van der Waals surface area contributed by atoms with Crippen molar-refractivity contribution in [2.75, 3.05) is 26.3 Å². The number of pyridine rings is 1. The number of hydrogen-bond donors (Lipinski definition) is 1. The van der Waals surface area contributed by atoms with Crippen molar-refractivity contribution in [1.29, 1.82) is 0 Å². The van der Waals surface area contributed by atoms with Crippen molar-refractivity contribution >= 4 is 12.0 Å². The molecule has 1 atom stereocenters. The van der Waals surface area contributed by atoms with Crippen LogP contribution in [-0.2, 0) is 16.0 Å². The monoisotopic (exact) mass is 355 g/mol. The molecule has 0 saturated carbocycles. The van der Waals surface area contributed by atoms with Gasteiger partial charge in [-0.3, -0.25) is 14.7 Å². The number of hydrogen-bond acceptors (Lipinski definition) is 5. The van der Waals surface area contributed by atoms with Gasteiger partial charge in [0.15, 0.2) is 0 Å². The minimum atomic E-state index is -0.629. The van der Waals surface area contributed by atoms with Crippen LogP contribution in [-0.4, -0.2) is 54.2 Å². The van der Waals surface area contributed by atoms with Crippen molar-refractivity contribution in [3.8, 4) is 5.75 Å². The molecule has 1 aliphatic heterocycles. The molecule has 1 aromatic carbocycles. The summed E-state index contributed by atoms with van der Waals surface area (Å²) < 4.78 is 10.6. The summed E-state index contributed by atoms with van der Waals surface area (Å²) in [6.07, 6.45) is 3.66.